The van der Waals surface area contributed by atoms with E-state index >= 15 is 0 Å². The van der Waals surface area contributed by atoms with E-state index in [1.165, 1.54) is 18.2 Å². The summed E-state index contributed by atoms with van der Waals surface area (Å²) in [6.45, 7) is 1.82. The quantitative estimate of drug-likeness (QED) is 0.894. The fourth-order valence-corrected chi connectivity index (χ4v) is 1.90. The molecular formula is C15H13ClFNO. The van der Waals surface area contributed by atoms with Crippen LogP contribution in [0.3, 0.4) is 0 Å². The average Bonchev–Trinajstić information content (AvgIpc) is 2.43. The van der Waals surface area contributed by atoms with Gasteiger partial charge in [0.1, 0.15) is 5.82 Å². The molecule has 0 aliphatic rings. The van der Waals surface area contributed by atoms with Gasteiger partial charge in [0.2, 0.25) is 5.91 Å². The molecule has 0 aliphatic heterocycles. The predicted octanol–water partition coefficient (Wildman–Crippen LogP) is 4.22. The number of hydrogen-bond acceptors (Lipinski definition) is 1. The third kappa shape index (κ3) is 3.32. The van der Waals surface area contributed by atoms with E-state index in [-0.39, 0.29) is 16.8 Å². The van der Waals surface area contributed by atoms with Crippen LogP contribution in [0.2, 0.25) is 5.02 Å². The molecule has 0 radical (unpaired) electrons. The molecule has 0 saturated carbocycles. The van der Waals surface area contributed by atoms with E-state index in [2.05, 4.69) is 5.32 Å². The number of benzene rings is 2. The molecule has 0 spiro atoms. The summed E-state index contributed by atoms with van der Waals surface area (Å²) in [6, 6.07) is 13.5. The minimum absolute atomic E-state index is 0.00911. The summed E-state index contributed by atoms with van der Waals surface area (Å²) in [7, 11) is 0. The summed E-state index contributed by atoms with van der Waals surface area (Å²) in [5.41, 5.74) is 1.41. The first-order chi connectivity index (χ1) is 9.08. The number of nitrogens with one attached hydrogen (secondary N) is 1. The van der Waals surface area contributed by atoms with E-state index in [1.807, 2.05) is 37.3 Å². The first-order valence-electron chi connectivity index (χ1n) is 5.89. The molecule has 0 aromatic heterocycles. The monoisotopic (exact) mass is 277 g/mol. The molecule has 0 heterocycles. The van der Waals surface area contributed by atoms with Gasteiger partial charge in [-0.25, -0.2) is 4.39 Å². The molecule has 1 N–H and O–H groups in total. The van der Waals surface area contributed by atoms with Gasteiger partial charge < -0.3 is 5.32 Å². The Hall–Kier alpha value is -1.87. The summed E-state index contributed by atoms with van der Waals surface area (Å²) >= 11 is 5.67. The van der Waals surface area contributed by atoms with Crippen molar-refractivity contribution >= 4 is 23.2 Å². The second kappa shape index (κ2) is 5.85. The Kier molecular flexibility index (Phi) is 4.17. The number of carbonyl (C=O) groups excluding carboxylic acids is 1. The number of carbonyl (C=O) groups is 1. The maximum Gasteiger partial charge on any atom is 0.231 e. The van der Waals surface area contributed by atoms with Gasteiger partial charge in [-0.1, -0.05) is 41.9 Å². The van der Waals surface area contributed by atoms with Gasteiger partial charge >= 0.3 is 0 Å². The molecule has 1 unspecified atom stereocenters. The Morgan fingerprint density at radius 2 is 1.89 bits per heavy atom. The minimum atomic E-state index is -0.504. The Bertz CT molecular complexity index is 586. The normalized spacial score (nSPS) is 11.9. The van der Waals surface area contributed by atoms with E-state index < -0.39 is 5.82 Å². The molecule has 0 fully saturated rings. The van der Waals surface area contributed by atoms with Gasteiger partial charge in [-0.3, -0.25) is 4.79 Å². The van der Waals surface area contributed by atoms with E-state index in [0.717, 1.165) is 5.56 Å². The van der Waals surface area contributed by atoms with Crippen molar-refractivity contribution in [3.05, 3.63) is 64.9 Å². The highest BCUT2D eigenvalue weighted by Crippen LogP contribution is 2.21. The first-order valence-corrected chi connectivity index (χ1v) is 6.26. The predicted molar refractivity (Wildman–Crippen MR) is 74.9 cm³/mol. The van der Waals surface area contributed by atoms with E-state index in [4.69, 9.17) is 11.6 Å². The van der Waals surface area contributed by atoms with Crippen LogP contribution in [0.4, 0.5) is 10.1 Å². The molecule has 19 heavy (non-hydrogen) atoms. The van der Waals surface area contributed by atoms with Gasteiger partial charge in [0.15, 0.2) is 0 Å². The standard InChI is InChI=1S/C15H13ClFNO/c1-10(11-5-3-2-4-6-11)15(19)18-12-7-8-14(17)13(16)9-12/h2-10H,1H3,(H,18,19). The Balaban J connectivity index is 2.10. The molecule has 2 aromatic carbocycles. The van der Waals surface area contributed by atoms with Crippen LogP contribution >= 0.6 is 11.6 Å². The zero-order valence-electron chi connectivity index (χ0n) is 10.4. The fourth-order valence-electron chi connectivity index (χ4n) is 1.72. The molecular weight excluding hydrogens is 265 g/mol. The summed E-state index contributed by atoms with van der Waals surface area (Å²) in [5.74, 6) is -0.949. The van der Waals surface area contributed by atoms with Crippen molar-refractivity contribution in [3.8, 4) is 0 Å². The summed E-state index contributed by atoms with van der Waals surface area (Å²) in [4.78, 5) is 12.1. The third-order valence-corrected chi connectivity index (χ3v) is 3.17. The van der Waals surface area contributed by atoms with Crippen LogP contribution in [0.25, 0.3) is 0 Å². The SMILES string of the molecule is CC(C(=O)Nc1ccc(F)c(Cl)c1)c1ccccc1. The highest BCUT2D eigenvalue weighted by molar-refractivity contribution is 6.31. The maximum atomic E-state index is 13.0. The average molecular weight is 278 g/mol. The van der Waals surface area contributed by atoms with Gasteiger partial charge in [-0.05, 0) is 30.7 Å². The van der Waals surface area contributed by atoms with Crippen LogP contribution in [0, 0.1) is 5.82 Å². The lowest BCUT2D eigenvalue weighted by Gasteiger charge is -2.12. The Morgan fingerprint density at radius 3 is 2.53 bits per heavy atom. The van der Waals surface area contributed by atoms with Gasteiger partial charge in [-0.2, -0.15) is 0 Å². The molecule has 2 rings (SSSR count). The Labute approximate surface area is 116 Å². The molecule has 2 aromatic rings. The lowest BCUT2D eigenvalue weighted by Crippen LogP contribution is -2.18. The lowest BCUT2D eigenvalue weighted by molar-refractivity contribution is -0.117. The van der Waals surface area contributed by atoms with E-state index in [9.17, 15) is 9.18 Å². The minimum Gasteiger partial charge on any atom is -0.326 e. The number of amides is 1. The van der Waals surface area contributed by atoms with Crippen LogP contribution in [-0.4, -0.2) is 5.91 Å². The van der Waals surface area contributed by atoms with Gasteiger partial charge in [0.25, 0.3) is 0 Å². The maximum absolute atomic E-state index is 13.0. The number of hydrogen-bond donors (Lipinski definition) is 1. The fraction of sp³-hybridized carbons (Fsp3) is 0.133. The number of rotatable bonds is 3. The molecule has 0 aliphatic carbocycles. The van der Waals surface area contributed by atoms with Gasteiger partial charge in [0.05, 0.1) is 10.9 Å². The summed E-state index contributed by atoms with van der Waals surface area (Å²) < 4.78 is 13.0. The molecule has 1 atom stereocenters. The van der Waals surface area contributed by atoms with Crippen LogP contribution in [0.15, 0.2) is 48.5 Å². The van der Waals surface area contributed by atoms with Gasteiger partial charge in [0, 0.05) is 5.69 Å². The zero-order valence-corrected chi connectivity index (χ0v) is 11.1. The highest BCUT2D eigenvalue weighted by Gasteiger charge is 2.15. The second-order valence-corrected chi connectivity index (χ2v) is 4.66. The molecule has 0 bridgehead atoms. The topological polar surface area (TPSA) is 29.1 Å². The molecule has 0 saturated heterocycles. The van der Waals surface area contributed by atoms with E-state index in [1.54, 1.807) is 0 Å². The third-order valence-electron chi connectivity index (χ3n) is 2.88. The van der Waals surface area contributed by atoms with Crippen molar-refractivity contribution in [2.75, 3.05) is 5.32 Å². The zero-order chi connectivity index (χ0) is 13.8. The smallest absolute Gasteiger partial charge is 0.231 e. The van der Waals surface area contributed by atoms with E-state index in [0.29, 0.717) is 5.69 Å². The van der Waals surface area contributed by atoms with Crippen molar-refractivity contribution in [2.24, 2.45) is 0 Å². The summed E-state index contributed by atoms with van der Waals surface area (Å²) in [5, 5.41) is 2.71. The molecule has 2 nitrogen and oxygen atoms in total. The van der Waals surface area contributed by atoms with Crippen molar-refractivity contribution < 1.29 is 9.18 Å². The molecule has 4 heteroatoms. The number of anilines is 1. The number of halogens is 2. The van der Waals surface area contributed by atoms with Crippen molar-refractivity contribution in [3.63, 3.8) is 0 Å². The van der Waals surface area contributed by atoms with Crippen molar-refractivity contribution in [1.82, 2.24) is 0 Å². The van der Waals surface area contributed by atoms with Gasteiger partial charge in [-0.15, -0.1) is 0 Å². The van der Waals surface area contributed by atoms with Crippen molar-refractivity contribution in [2.45, 2.75) is 12.8 Å². The molecule has 1 amide bonds. The Morgan fingerprint density at radius 1 is 1.21 bits per heavy atom. The molecule has 98 valence electrons. The van der Waals surface area contributed by atoms with Crippen LogP contribution in [0.5, 0.6) is 0 Å². The second-order valence-electron chi connectivity index (χ2n) is 4.25. The van der Waals surface area contributed by atoms with Crippen molar-refractivity contribution in [1.29, 1.82) is 0 Å². The first kappa shape index (κ1) is 13.6. The highest BCUT2D eigenvalue weighted by atomic mass is 35.5. The summed E-state index contributed by atoms with van der Waals surface area (Å²) in [6.07, 6.45) is 0. The lowest BCUT2D eigenvalue weighted by atomic mass is 10.0. The van der Waals surface area contributed by atoms with Crippen LogP contribution < -0.4 is 5.32 Å². The largest absolute Gasteiger partial charge is 0.326 e. The van der Waals surface area contributed by atoms with Crippen LogP contribution in [0.1, 0.15) is 18.4 Å². The van der Waals surface area contributed by atoms with Crippen LogP contribution in [-0.2, 0) is 4.79 Å².